The zero-order chi connectivity index (χ0) is 13.8. The highest BCUT2D eigenvalue weighted by molar-refractivity contribution is 5.70. The van der Waals surface area contributed by atoms with E-state index in [1.807, 2.05) is 19.1 Å². The quantitative estimate of drug-likeness (QED) is 0.906. The van der Waals surface area contributed by atoms with Crippen molar-refractivity contribution in [2.24, 2.45) is 5.92 Å². The number of aliphatic carboxylic acids is 1. The van der Waals surface area contributed by atoms with E-state index in [0.717, 1.165) is 43.7 Å². The summed E-state index contributed by atoms with van der Waals surface area (Å²) in [5, 5.41) is 9.04. The number of rotatable bonds is 4. The summed E-state index contributed by atoms with van der Waals surface area (Å²) in [5.74, 6) is -0.819. The third-order valence-corrected chi connectivity index (χ3v) is 3.96. The molecule has 1 atom stereocenters. The second kappa shape index (κ2) is 6.15. The van der Waals surface area contributed by atoms with E-state index in [2.05, 4.69) is 22.9 Å². The second-order valence-corrected chi connectivity index (χ2v) is 5.28. The van der Waals surface area contributed by atoms with Crippen molar-refractivity contribution in [3.8, 4) is 0 Å². The average molecular weight is 262 g/mol. The van der Waals surface area contributed by atoms with E-state index < -0.39 is 5.97 Å². The lowest BCUT2D eigenvalue weighted by Crippen LogP contribution is -2.38. The number of pyridine rings is 1. The van der Waals surface area contributed by atoms with Crippen LogP contribution in [0.3, 0.4) is 0 Å². The van der Waals surface area contributed by atoms with Crippen LogP contribution < -0.4 is 0 Å². The molecule has 4 nitrogen and oxygen atoms in total. The first kappa shape index (κ1) is 14.0. The Bertz CT molecular complexity index is 440. The van der Waals surface area contributed by atoms with Gasteiger partial charge >= 0.3 is 5.97 Å². The zero-order valence-corrected chi connectivity index (χ0v) is 11.7. The van der Waals surface area contributed by atoms with Crippen LogP contribution >= 0.6 is 0 Å². The molecule has 1 saturated heterocycles. The standard InChI is InChI=1S/C15H22N2O2/c1-3-14(13-6-4-5-11(2)16-13)17-9-7-12(8-10-17)15(18)19/h4-6,12,14H,3,7-10H2,1-2H3,(H,18,19). The maximum absolute atomic E-state index is 11.0. The minimum atomic E-state index is -0.652. The Kier molecular flexibility index (Phi) is 4.53. The van der Waals surface area contributed by atoms with Crippen molar-refractivity contribution in [3.05, 3.63) is 29.6 Å². The van der Waals surface area contributed by atoms with Gasteiger partial charge in [0.1, 0.15) is 0 Å². The Hall–Kier alpha value is -1.42. The summed E-state index contributed by atoms with van der Waals surface area (Å²) < 4.78 is 0. The van der Waals surface area contributed by atoms with E-state index in [1.54, 1.807) is 0 Å². The highest BCUT2D eigenvalue weighted by Crippen LogP contribution is 2.28. The molecule has 1 aliphatic heterocycles. The summed E-state index contributed by atoms with van der Waals surface area (Å²) in [4.78, 5) is 18.0. The molecule has 1 aliphatic rings. The van der Waals surface area contributed by atoms with E-state index in [9.17, 15) is 4.79 Å². The third kappa shape index (κ3) is 3.32. The van der Waals surface area contributed by atoms with Crippen LogP contribution in [0, 0.1) is 12.8 Å². The normalized spacial score (nSPS) is 19.3. The van der Waals surface area contributed by atoms with Crippen LogP contribution in [-0.2, 0) is 4.79 Å². The van der Waals surface area contributed by atoms with Crippen molar-refractivity contribution < 1.29 is 9.90 Å². The molecule has 0 bridgehead atoms. The van der Waals surface area contributed by atoms with E-state index in [1.165, 1.54) is 0 Å². The molecular formula is C15H22N2O2. The number of hydrogen-bond donors (Lipinski definition) is 1. The number of aryl methyl sites for hydroxylation is 1. The number of likely N-dealkylation sites (tertiary alicyclic amines) is 1. The van der Waals surface area contributed by atoms with Gasteiger partial charge in [0.2, 0.25) is 0 Å². The van der Waals surface area contributed by atoms with Gasteiger partial charge in [0.15, 0.2) is 0 Å². The molecular weight excluding hydrogens is 240 g/mol. The lowest BCUT2D eigenvalue weighted by atomic mass is 9.94. The smallest absolute Gasteiger partial charge is 0.306 e. The number of hydrogen-bond acceptors (Lipinski definition) is 3. The first-order valence-electron chi connectivity index (χ1n) is 7.02. The summed E-state index contributed by atoms with van der Waals surface area (Å²) in [6.45, 7) is 5.88. The molecule has 104 valence electrons. The largest absolute Gasteiger partial charge is 0.481 e. The van der Waals surface area contributed by atoms with Crippen molar-refractivity contribution in [1.29, 1.82) is 0 Å². The number of aromatic nitrogens is 1. The van der Waals surface area contributed by atoms with Crippen molar-refractivity contribution in [2.75, 3.05) is 13.1 Å². The molecule has 4 heteroatoms. The topological polar surface area (TPSA) is 53.4 Å². The van der Waals surface area contributed by atoms with Crippen molar-refractivity contribution >= 4 is 5.97 Å². The van der Waals surface area contributed by atoms with Gasteiger partial charge in [-0.1, -0.05) is 13.0 Å². The fourth-order valence-corrected chi connectivity index (χ4v) is 2.86. The number of piperidine rings is 1. The molecule has 1 unspecified atom stereocenters. The van der Waals surface area contributed by atoms with Crippen molar-refractivity contribution in [3.63, 3.8) is 0 Å². The molecule has 0 spiro atoms. The van der Waals surface area contributed by atoms with E-state index in [0.29, 0.717) is 6.04 Å². The monoisotopic (exact) mass is 262 g/mol. The van der Waals surface area contributed by atoms with Crippen LogP contribution in [0.2, 0.25) is 0 Å². The van der Waals surface area contributed by atoms with Gasteiger partial charge in [-0.25, -0.2) is 0 Å². The lowest BCUT2D eigenvalue weighted by molar-refractivity contribution is -0.143. The van der Waals surface area contributed by atoms with Crippen LogP contribution in [0.1, 0.15) is 43.6 Å². The SMILES string of the molecule is CCC(c1cccc(C)n1)N1CCC(C(=O)O)CC1. The summed E-state index contributed by atoms with van der Waals surface area (Å²) in [6.07, 6.45) is 2.50. The highest BCUT2D eigenvalue weighted by Gasteiger charge is 2.28. The fraction of sp³-hybridized carbons (Fsp3) is 0.600. The number of carboxylic acids is 1. The summed E-state index contributed by atoms with van der Waals surface area (Å²) >= 11 is 0. The van der Waals surface area contributed by atoms with Crippen molar-refractivity contribution in [2.45, 2.75) is 39.2 Å². The van der Waals surface area contributed by atoms with Gasteiger partial charge in [0.05, 0.1) is 17.7 Å². The molecule has 2 rings (SSSR count). The molecule has 2 heterocycles. The lowest BCUT2D eigenvalue weighted by Gasteiger charge is -2.35. The minimum Gasteiger partial charge on any atom is -0.481 e. The van der Waals surface area contributed by atoms with Gasteiger partial charge in [0.25, 0.3) is 0 Å². The zero-order valence-electron chi connectivity index (χ0n) is 11.7. The molecule has 1 aromatic rings. The molecule has 0 radical (unpaired) electrons. The van der Waals surface area contributed by atoms with Crippen LogP contribution in [0.4, 0.5) is 0 Å². The molecule has 0 saturated carbocycles. The molecule has 1 fully saturated rings. The molecule has 0 aromatic carbocycles. The second-order valence-electron chi connectivity index (χ2n) is 5.28. The molecule has 0 aliphatic carbocycles. The van der Waals surface area contributed by atoms with Gasteiger partial charge in [-0.05, 0) is 51.4 Å². The molecule has 0 amide bonds. The van der Waals surface area contributed by atoms with Gasteiger partial charge in [-0.15, -0.1) is 0 Å². The van der Waals surface area contributed by atoms with Gasteiger partial charge in [-0.3, -0.25) is 14.7 Å². The van der Waals surface area contributed by atoms with Crippen LogP contribution in [-0.4, -0.2) is 34.0 Å². The van der Waals surface area contributed by atoms with E-state index in [-0.39, 0.29) is 5.92 Å². The van der Waals surface area contributed by atoms with E-state index >= 15 is 0 Å². The molecule has 1 N–H and O–H groups in total. The Balaban J connectivity index is 2.05. The maximum Gasteiger partial charge on any atom is 0.306 e. The highest BCUT2D eigenvalue weighted by atomic mass is 16.4. The Labute approximate surface area is 114 Å². The average Bonchev–Trinajstić information content (AvgIpc) is 2.40. The molecule has 1 aromatic heterocycles. The van der Waals surface area contributed by atoms with Gasteiger partial charge in [0, 0.05) is 5.69 Å². The fourth-order valence-electron chi connectivity index (χ4n) is 2.86. The first-order valence-corrected chi connectivity index (χ1v) is 7.02. The summed E-state index contributed by atoms with van der Waals surface area (Å²) in [7, 11) is 0. The maximum atomic E-state index is 11.0. The summed E-state index contributed by atoms with van der Waals surface area (Å²) in [5.41, 5.74) is 2.15. The first-order chi connectivity index (χ1) is 9.11. The van der Waals surface area contributed by atoms with Crippen LogP contribution in [0.25, 0.3) is 0 Å². The van der Waals surface area contributed by atoms with Crippen LogP contribution in [0.15, 0.2) is 18.2 Å². The Morgan fingerprint density at radius 3 is 2.68 bits per heavy atom. The van der Waals surface area contributed by atoms with Crippen LogP contribution in [0.5, 0.6) is 0 Å². The van der Waals surface area contributed by atoms with Crippen molar-refractivity contribution in [1.82, 2.24) is 9.88 Å². The summed E-state index contributed by atoms with van der Waals surface area (Å²) in [6, 6.07) is 6.44. The van der Waals surface area contributed by atoms with Gasteiger partial charge in [-0.2, -0.15) is 0 Å². The number of nitrogens with zero attached hydrogens (tertiary/aromatic N) is 2. The van der Waals surface area contributed by atoms with E-state index in [4.69, 9.17) is 5.11 Å². The Morgan fingerprint density at radius 2 is 2.16 bits per heavy atom. The minimum absolute atomic E-state index is 0.167. The van der Waals surface area contributed by atoms with Gasteiger partial charge < -0.3 is 5.11 Å². The predicted molar refractivity (Wildman–Crippen MR) is 73.9 cm³/mol. The number of carbonyl (C=O) groups is 1. The molecule has 19 heavy (non-hydrogen) atoms. The predicted octanol–water partition coefficient (Wildman–Crippen LogP) is 2.64. The Morgan fingerprint density at radius 1 is 1.47 bits per heavy atom. The third-order valence-electron chi connectivity index (χ3n) is 3.96. The number of carboxylic acid groups (broad SMARTS) is 1.